The molecule has 120 valence electrons. The maximum absolute atomic E-state index is 13.0. The van der Waals surface area contributed by atoms with Crippen molar-refractivity contribution in [2.45, 2.75) is 13.8 Å². The van der Waals surface area contributed by atoms with E-state index in [2.05, 4.69) is 4.98 Å². The van der Waals surface area contributed by atoms with Crippen LogP contribution in [-0.2, 0) is 7.05 Å². The van der Waals surface area contributed by atoms with Crippen LogP contribution in [0.4, 0.5) is 0 Å². The van der Waals surface area contributed by atoms with Crippen LogP contribution in [0.15, 0.2) is 46.1 Å². The van der Waals surface area contributed by atoms with Crippen molar-refractivity contribution >= 4 is 31.8 Å². The molecule has 4 rings (SSSR count). The van der Waals surface area contributed by atoms with E-state index < -0.39 is 0 Å². The number of pyridine rings is 1. The number of aryl methyl sites for hydroxylation is 3. The standard InChI is InChI=1S/C18H15N3O2S/c1-10-6-7-12(9-11(10)2)21-17(22)15-14(20(3)18(21)23)13-5-4-8-19-16(13)24-15/h4-9H,1-3H3. The second kappa shape index (κ2) is 5.14. The third kappa shape index (κ3) is 1.96. The van der Waals surface area contributed by atoms with Gasteiger partial charge in [-0.15, -0.1) is 11.3 Å². The highest BCUT2D eigenvalue weighted by atomic mass is 32.1. The molecule has 0 N–H and O–H groups in total. The highest BCUT2D eigenvalue weighted by Gasteiger charge is 2.17. The highest BCUT2D eigenvalue weighted by Crippen LogP contribution is 2.29. The summed E-state index contributed by atoms with van der Waals surface area (Å²) in [6.45, 7) is 3.97. The fourth-order valence-electron chi connectivity index (χ4n) is 2.92. The molecule has 0 saturated carbocycles. The molecule has 0 atom stereocenters. The summed E-state index contributed by atoms with van der Waals surface area (Å²) in [5, 5.41) is 0.835. The molecule has 5 nitrogen and oxygen atoms in total. The van der Waals surface area contributed by atoms with Gasteiger partial charge in [0.1, 0.15) is 9.53 Å². The van der Waals surface area contributed by atoms with Crippen LogP contribution >= 0.6 is 11.3 Å². The van der Waals surface area contributed by atoms with Gasteiger partial charge >= 0.3 is 5.69 Å². The molecule has 6 heteroatoms. The van der Waals surface area contributed by atoms with E-state index >= 15 is 0 Å². The molecule has 3 heterocycles. The predicted octanol–water partition coefficient (Wildman–Crippen LogP) is 2.92. The molecule has 0 aliphatic rings. The van der Waals surface area contributed by atoms with Crippen molar-refractivity contribution < 1.29 is 0 Å². The van der Waals surface area contributed by atoms with Gasteiger partial charge in [-0.05, 0) is 49.2 Å². The van der Waals surface area contributed by atoms with Crippen molar-refractivity contribution in [1.29, 1.82) is 0 Å². The number of benzene rings is 1. The first kappa shape index (κ1) is 14.8. The maximum atomic E-state index is 13.0. The summed E-state index contributed by atoms with van der Waals surface area (Å²) in [6, 6.07) is 9.31. The number of hydrogen-bond acceptors (Lipinski definition) is 4. The zero-order valence-electron chi connectivity index (χ0n) is 13.5. The lowest BCUT2D eigenvalue weighted by molar-refractivity contribution is 0.777. The van der Waals surface area contributed by atoms with E-state index in [0.29, 0.717) is 15.9 Å². The normalized spacial score (nSPS) is 11.5. The Morgan fingerprint density at radius 3 is 2.62 bits per heavy atom. The minimum Gasteiger partial charge on any atom is -0.294 e. The Morgan fingerprint density at radius 1 is 1.08 bits per heavy atom. The van der Waals surface area contributed by atoms with E-state index in [-0.39, 0.29) is 11.2 Å². The first-order valence-corrected chi connectivity index (χ1v) is 8.37. The summed E-state index contributed by atoms with van der Waals surface area (Å²) in [5.41, 5.74) is 2.77. The first-order valence-electron chi connectivity index (χ1n) is 7.56. The van der Waals surface area contributed by atoms with E-state index in [1.165, 1.54) is 20.5 Å². The fraction of sp³-hybridized carbons (Fsp3) is 0.167. The van der Waals surface area contributed by atoms with Gasteiger partial charge in [0.15, 0.2) is 0 Å². The largest absolute Gasteiger partial charge is 0.335 e. The average Bonchev–Trinajstić information content (AvgIpc) is 2.96. The molecule has 0 saturated heterocycles. The predicted molar refractivity (Wildman–Crippen MR) is 97.4 cm³/mol. The van der Waals surface area contributed by atoms with E-state index in [0.717, 1.165) is 21.3 Å². The molecular weight excluding hydrogens is 322 g/mol. The zero-order valence-corrected chi connectivity index (χ0v) is 14.3. The second-order valence-corrected chi connectivity index (χ2v) is 6.89. The van der Waals surface area contributed by atoms with Gasteiger partial charge in [-0.3, -0.25) is 9.36 Å². The maximum Gasteiger partial charge on any atom is 0.335 e. The molecule has 0 aliphatic carbocycles. The SMILES string of the molecule is Cc1ccc(-n2c(=O)c3sc4ncccc4c3n(C)c2=O)cc1C. The second-order valence-electron chi connectivity index (χ2n) is 5.89. The summed E-state index contributed by atoms with van der Waals surface area (Å²) < 4.78 is 3.32. The third-order valence-electron chi connectivity index (χ3n) is 4.40. The van der Waals surface area contributed by atoms with Crippen LogP contribution in [0.1, 0.15) is 11.1 Å². The molecule has 0 amide bonds. The van der Waals surface area contributed by atoms with Crippen LogP contribution in [-0.4, -0.2) is 14.1 Å². The quantitative estimate of drug-likeness (QED) is 0.537. The number of thiophene rings is 1. The summed E-state index contributed by atoms with van der Waals surface area (Å²) in [7, 11) is 1.70. The molecule has 0 fully saturated rings. The van der Waals surface area contributed by atoms with E-state index in [1.54, 1.807) is 13.2 Å². The molecule has 24 heavy (non-hydrogen) atoms. The van der Waals surface area contributed by atoms with E-state index in [4.69, 9.17) is 0 Å². The Kier molecular flexibility index (Phi) is 3.18. The fourth-order valence-corrected chi connectivity index (χ4v) is 4.03. The van der Waals surface area contributed by atoms with Crippen molar-refractivity contribution in [1.82, 2.24) is 14.1 Å². The Bertz CT molecular complexity index is 1230. The van der Waals surface area contributed by atoms with Crippen LogP contribution < -0.4 is 11.2 Å². The van der Waals surface area contributed by atoms with Gasteiger partial charge in [-0.2, -0.15) is 0 Å². The minimum atomic E-state index is -0.348. The minimum absolute atomic E-state index is 0.292. The number of aromatic nitrogens is 3. The Morgan fingerprint density at radius 2 is 1.88 bits per heavy atom. The number of hydrogen-bond donors (Lipinski definition) is 0. The van der Waals surface area contributed by atoms with Gasteiger partial charge in [-0.25, -0.2) is 14.3 Å². The van der Waals surface area contributed by atoms with Crippen LogP contribution in [0.3, 0.4) is 0 Å². The van der Waals surface area contributed by atoms with Crippen molar-refractivity contribution in [2.75, 3.05) is 0 Å². The highest BCUT2D eigenvalue weighted by molar-refractivity contribution is 7.25. The van der Waals surface area contributed by atoms with Crippen molar-refractivity contribution in [3.05, 3.63) is 68.5 Å². The Balaban J connectivity index is 2.18. The summed E-state index contributed by atoms with van der Waals surface area (Å²) >= 11 is 1.32. The molecule has 4 aromatic rings. The van der Waals surface area contributed by atoms with Crippen molar-refractivity contribution in [2.24, 2.45) is 7.05 Å². The Labute approximate surface area is 141 Å². The average molecular weight is 337 g/mol. The number of rotatable bonds is 1. The van der Waals surface area contributed by atoms with Crippen LogP contribution in [0, 0.1) is 13.8 Å². The summed E-state index contributed by atoms with van der Waals surface area (Å²) in [5.74, 6) is 0. The van der Waals surface area contributed by atoms with Gasteiger partial charge in [0, 0.05) is 18.6 Å². The molecule has 0 unspecified atom stereocenters. The lowest BCUT2D eigenvalue weighted by atomic mass is 10.1. The van der Waals surface area contributed by atoms with E-state index in [9.17, 15) is 9.59 Å². The molecule has 0 radical (unpaired) electrons. The first-order chi connectivity index (χ1) is 11.5. The summed E-state index contributed by atoms with van der Waals surface area (Å²) in [4.78, 5) is 30.9. The monoisotopic (exact) mass is 337 g/mol. The van der Waals surface area contributed by atoms with Crippen LogP contribution in [0.25, 0.3) is 26.1 Å². The van der Waals surface area contributed by atoms with Crippen LogP contribution in [0.2, 0.25) is 0 Å². The van der Waals surface area contributed by atoms with E-state index in [1.807, 2.05) is 44.2 Å². The Hall–Kier alpha value is -2.73. The number of nitrogens with zero attached hydrogens (tertiary/aromatic N) is 3. The third-order valence-corrected chi connectivity index (χ3v) is 5.49. The topological polar surface area (TPSA) is 56.9 Å². The smallest absolute Gasteiger partial charge is 0.294 e. The molecule has 3 aromatic heterocycles. The lowest BCUT2D eigenvalue weighted by Crippen LogP contribution is -2.37. The van der Waals surface area contributed by atoms with Gasteiger partial charge in [0.2, 0.25) is 0 Å². The van der Waals surface area contributed by atoms with Crippen molar-refractivity contribution in [3.8, 4) is 5.69 Å². The molecule has 0 spiro atoms. The van der Waals surface area contributed by atoms with Gasteiger partial charge in [0.25, 0.3) is 5.56 Å². The van der Waals surface area contributed by atoms with Crippen molar-refractivity contribution in [3.63, 3.8) is 0 Å². The number of fused-ring (bicyclic) bond motifs is 3. The molecule has 0 bridgehead atoms. The van der Waals surface area contributed by atoms with Gasteiger partial charge in [-0.1, -0.05) is 6.07 Å². The van der Waals surface area contributed by atoms with Gasteiger partial charge in [0.05, 0.1) is 11.2 Å². The molecule has 1 aromatic carbocycles. The lowest BCUT2D eigenvalue weighted by Gasteiger charge is -2.10. The molecular formula is C18H15N3O2S. The molecule has 0 aliphatic heterocycles. The zero-order chi connectivity index (χ0) is 17.0. The van der Waals surface area contributed by atoms with Gasteiger partial charge < -0.3 is 0 Å². The van der Waals surface area contributed by atoms with Crippen LogP contribution in [0.5, 0.6) is 0 Å². The summed E-state index contributed by atoms with van der Waals surface area (Å²) in [6.07, 6.45) is 1.69.